The summed E-state index contributed by atoms with van der Waals surface area (Å²) in [5.74, 6) is 1.17. The number of ether oxygens (including phenoxy) is 1. The van der Waals surface area contributed by atoms with Gasteiger partial charge in [0.25, 0.3) is 5.91 Å². The number of nitrogens with two attached hydrogens (primary N) is 1. The highest BCUT2D eigenvalue weighted by molar-refractivity contribution is 7.98. The monoisotopic (exact) mass is 548 g/mol. The SMILES string of the molecule is COc1ccc(/C=N/NC(=O)c2nnn(-c3nonc3N)c2CN2CCCCC2)cc1CSc1ccccn1. The van der Waals surface area contributed by atoms with E-state index < -0.39 is 5.91 Å². The molecule has 202 valence electrons. The van der Waals surface area contributed by atoms with Gasteiger partial charge in [-0.1, -0.05) is 17.7 Å². The summed E-state index contributed by atoms with van der Waals surface area (Å²) in [6.07, 6.45) is 6.70. The number of thioether (sulfide) groups is 1. The number of aromatic nitrogens is 6. The predicted molar refractivity (Wildman–Crippen MR) is 145 cm³/mol. The fourth-order valence-electron chi connectivity index (χ4n) is 4.25. The van der Waals surface area contributed by atoms with Gasteiger partial charge in [0.2, 0.25) is 11.6 Å². The highest BCUT2D eigenvalue weighted by Gasteiger charge is 2.26. The van der Waals surface area contributed by atoms with Crippen LogP contribution in [0.1, 0.15) is 46.6 Å². The number of pyridine rings is 1. The fourth-order valence-corrected chi connectivity index (χ4v) is 5.09. The maximum Gasteiger partial charge on any atom is 0.293 e. The third-order valence-electron chi connectivity index (χ3n) is 6.19. The number of likely N-dealkylation sites (tertiary alicyclic amines) is 1. The number of carbonyl (C=O) groups excluding carboxylic acids is 1. The molecule has 0 spiro atoms. The molecule has 1 aliphatic heterocycles. The second-order valence-electron chi connectivity index (χ2n) is 8.83. The number of hydrazone groups is 1. The zero-order valence-electron chi connectivity index (χ0n) is 21.4. The first-order valence-corrected chi connectivity index (χ1v) is 13.4. The van der Waals surface area contributed by atoms with Crippen molar-refractivity contribution in [3.05, 3.63) is 65.1 Å². The van der Waals surface area contributed by atoms with Gasteiger partial charge in [-0.3, -0.25) is 9.69 Å². The number of hydrogen-bond donors (Lipinski definition) is 2. The van der Waals surface area contributed by atoms with E-state index in [-0.39, 0.29) is 17.3 Å². The van der Waals surface area contributed by atoms with Gasteiger partial charge in [0.1, 0.15) is 5.75 Å². The number of nitrogens with zero attached hydrogens (tertiary/aromatic N) is 8. The number of methoxy groups -OCH3 is 1. The Labute approximate surface area is 228 Å². The topological polar surface area (TPSA) is 162 Å². The quantitative estimate of drug-likeness (QED) is 0.170. The molecule has 4 heterocycles. The van der Waals surface area contributed by atoms with Crippen molar-refractivity contribution in [2.45, 2.75) is 36.6 Å². The fraction of sp³-hybridized carbons (Fsp3) is 0.320. The van der Waals surface area contributed by atoms with Gasteiger partial charge in [0, 0.05) is 24.1 Å². The van der Waals surface area contributed by atoms with E-state index in [2.05, 4.69) is 41.0 Å². The molecule has 5 rings (SSSR count). The lowest BCUT2D eigenvalue weighted by Crippen LogP contribution is -2.31. The summed E-state index contributed by atoms with van der Waals surface area (Å²) in [5.41, 5.74) is 10.9. The molecule has 0 saturated carbocycles. The van der Waals surface area contributed by atoms with E-state index in [1.165, 1.54) is 11.1 Å². The van der Waals surface area contributed by atoms with Gasteiger partial charge in [-0.2, -0.15) is 9.78 Å². The van der Waals surface area contributed by atoms with Gasteiger partial charge < -0.3 is 10.5 Å². The van der Waals surface area contributed by atoms with Crippen LogP contribution in [0.15, 0.2) is 57.4 Å². The maximum absolute atomic E-state index is 13.1. The summed E-state index contributed by atoms with van der Waals surface area (Å²) >= 11 is 1.60. The van der Waals surface area contributed by atoms with Gasteiger partial charge in [-0.15, -0.1) is 16.9 Å². The molecule has 4 aromatic rings. The van der Waals surface area contributed by atoms with Gasteiger partial charge in [-0.05, 0) is 72.1 Å². The molecule has 1 aromatic carbocycles. The van der Waals surface area contributed by atoms with Gasteiger partial charge in [-0.25, -0.2) is 15.0 Å². The molecule has 0 bridgehead atoms. The van der Waals surface area contributed by atoms with E-state index in [0.29, 0.717) is 18.0 Å². The number of rotatable bonds is 10. The first-order valence-electron chi connectivity index (χ1n) is 12.4. The van der Waals surface area contributed by atoms with Crippen LogP contribution in [0.4, 0.5) is 5.82 Å². The normalized spacial score (nSPS) is 14.1. The van der Waals surface area contributed by atoms with E-state index in [4.69, 9.17) is 15.1 Å². The van der Waals surface area contributed by atoms with Crippen molar-refractivity contribution in [1.82, 2.24) is 40.6 Å². The highest BCUT2D eigenvalue weighted by atomic mass is 32.2. The van der Waals surface area contributed by atoms with Gasteiger partial charge in [0.15, 0.2) is 5.69 Å². The van der Waals surface area contributed by atoms with Crippen LogP contribution in [0.25, 0.3) is 5.82 Å². The predicted octanol–water partition coefficient (Wildman–Crippen LogP) is 2.68. The van der Waals surface area contributed by atoms with Crippen molar-refractivity contribution in [3.63, 3.8) is 0 Å². The molecular formula is C25H28N10O3S. The van der Waals surface area contributed by atoms with Crippen LogP contribution in [0.3, 0.4) is 0 Å². The molecule has 0 aliphatic carbocycles. The van der Waals surface area contributed by atoms with Crippen LogP contribution in [-0.2, 0) is 12.3 Å². The van der Waals surface area contributed by atoms with Crippen LogP contribution in [0, 0.1) is 0 Å². The molecule has 3 aromatic heterocycles. The van der Waals surface area contributed by atoms with Crippen molar-refractivity contribution in [1.29, 1.82) is 0 Å². The van der Waals surface area contributed by atoms with Crippen molar-refractivity contribution in [2.75, 3.05) is 25.9 Å². The summed E-state index contributed by atoms with van der Waals surface area (Å²) < 4.78 is 11.6. The third-order valence-corrected chi connectivity index (χ3v) is 7.19. The summed E-state index contributed by atoms with van der Waals surface area (Å²) in [7, 11) is 1.63. The van der Waals surface area contributed by atoms with E-state index in [9.17, 15) is 4.79 Å². The Morgan fingerprint density at radius 2 is 2.10 bits per heavy atom. The van der Waals surface area contributed by atoms with Crippen molar-refractivity contribution in [3.8, 4) is 11.6 Å². The van der Waals surface area contributed by atoms with E-state index >= 15 is 0 Å². The number of amides is 1. The van der Waals surface area contributed by atoms with Crippen LogP contribution in [-0.4, -0.2) is 67.5 Å². The number of carbonyl (C=O) groups is 1. The molecule has 1 amide bonds. The van der Waals surface area contributed by atoms with Gasteiger partial charge in [0.05, 0.1) is 24.0 Å². The van der Waals surface area contributed by atoms with E-state index in [1.807, 2.05) is 36.4 Å². The average Bonchev–Trinajstić information content (AvgIpc) is 3.58. The molecule has 3 N–H and O–H groups in total. The number of piperidine rings is 1. The number of hydrogen-bond acceptors (Lipinski definition) is 12. The minimum absolute atomic E-state index is 0.0568. The molecule has 0 radical (unpaired) electrons. The van der Waals surface area contributed by atoms with Crippen LogP contribution in [0.2, 0.25) is 0 Å². The molecule has 13 nitrogen and oxygen atoms in total. The average molecular weight is 549 g/mol. The second-order valence-corrected chi connectivity index (χ2v) is 9.83. The minimum Gasteiger partial charge on any atom is -0.496 e. The van der Waals surface area contributed by atoms with E-state index in [1.54, 1.807) is 31.3 Å². The van der Waals surface area contributed by atoms with Crippen LogP contribution in [0.5, 0.6) is 5.75 Å². The number of anilines is 1. The molecule has 39 heavy (non-hydrogen) atoms. The van der Waals surface area contributed by atoms with Crippen LogP contribution < -0.4 is 15.9 Å². The molecule has 1 fully saturated rings. The molecule has 0 atom stereocenters. The number of nitrogen functional groups attached to an aromatic ring is 1. The zero-order chi connectivity index (χ0) is 27.0. The lowest BCUT2D eigenvalue weighted by atomic mass is 10.1. The Balaban J connectivity index is 1.31. The van der Waals surface area contributed by atoms with Crippen LogP contribution >= 0.6 is 11.8 Å². The molecule has 1 aliphatic rings. The Kier molecular flexibility index (Phi) is 8.43. The molecular weight excluding hydrogens is 520 g/mol. The Bertz CT molecular complexity index is 1430. The summed E-state index contributed by atoms with van der Waals surface area (Å²) in [6.45, 7) is 2.27. The zero-order valence-corrected chi connectivity index (χ0v) is 22.2. The molecule has 1 saturated heterocycles. The lowest BCUT2D eigenvalue weighted by molar-refractivity contribution is 0.0947. The first kappa shape index (κ1) is 26.3. The Hall–Kier alpha value is -4.30. The Morgan fingerprint density at radius 3 is 2.85 bits per heavy atom. The van der Waals surface area contributed by atoms with E-state index in [0.717, 1.165) is 47.8 Å². The summed E-state index contributed by atoms with van der Waals surface area (Å²) in [4.78, 5) is 19.7. The smallest absolute Gasteiger partial charge is 0.293 e. The number of benzene rings is 1. The van der Waals surface area contributed by atoms with Crippen molar-refractivity contribution in [2.24, 2.45) is 5.10 Å². The second kappa shape index (κ2) is 12.5. The minimum atomic E-state index is -0.501. The Morgan fingerprint density at radius 1 is 1.23 bits per heavy atom. The summed E-state index contributed by atoms with van der Waals surface area (Å²) in [5, 5.41) is 20.7. The molecule has 14 heteroatoms. The lowest BCUT2D eigenvalue weighted by Gasteiger charge is -2.26. The van der Waals surface area contributed by atoms with Gasteiger partial charge >= 0.3 is 0 Å². The highest BCUT2D eigenvalue weighted by Crippen LogP contribution is 2.27. The van der Waals surface area contributed by atoms with Crippen molar-refractivity contribution >= 4 is 29.7 Å². The number of nitrogens with one attached hydrogen (secondary N) is 1. The maximum atomic E-state index is 13.1. The molecule has 0 unspecified atom stereocenters. The largest absolute Gasteiger partial charge is 0.496 e. The van der Waals surface area contributed by atoms with Crippen molar-refractivity contribution < 1.29 is 14.2 Å². The third kappa shape index (κ3) is 6.41. The summed E-state index contributed by atoms with van der Waals surface area (Å²) in [6, 6.07) is 11.5. The standard InChI is InChI=1S/C25H28N10O3S/c1-37-20-9-8-17(13-18(20)16-39-21-7-3-4-10-27-21)14-28-30-25(36)22-19(15-34-11-5-2-6-12-34)35(33-29-22)24-23(26)31-38-32-24/h3-4,7-10,13-14H,2,5-6,11-12,15-16H2,1H3,(H2,26,31)(H,30,36)/b28-14+. The first-order chi connectivity index (χ1) is 19.1.